The van der Waals surface area contributed by atoms with Crippen LogP contribution in [0.15, 0.2) is 24.8 Å². The summed E-state index contributed by atoms with van der Waals surface area (Å²) in [4.78, 5) is 18.4. The quantitative estimate of drug-likeness (QED) is 0.858. The molecule has 0 saturated carbocycles. The van der Waals surface area contributed by atoms with Gasteiger partial charge in [-0.25, -0.2) is 19.3 Å². The molecule has 0 aromatic carbocycles. The van der Waals surface area contributed by atoms with Gasteiger partial charge < -0.3 is 9.64 Å². The van der Waals surface area contributed by atoms with Crippen molar-refractivity contribution in [2.24, 2.45) is 0 Å². The minimum absolute atomic E-state index is 0.109. The van der Waals surface area contributed by atoms with Crippen molar-refractivity contribution in [1.82, 2.24) is 19.9 Å². The van der Waals surface area contributed by atoms with Gasteiger partial charge in [-0.05, 0) is 6.92 Å². The van der Waals surface area contributed by atoms with E-state index < -0.39 is 5.82 Å². The Bertz CT molecular complexity index is 599. The van der Waals surface area contributed by atoms with Crippen molar-refractivity contribution in [3.05, 3.63) is 36.3 Å². The average Bonchev–Trinajstić information content (AvgIpc) is 2.49. The molecule has 110 valence electrons. The molecule has 0 unspecified atom stereocenters. The van der Waals surface area contributed by atoms with Gasteiger partial charge in [-0.15, -0.1) is 0 Å². The number of hydrogen-bond donors (Lipinski definition) is 0. The number of anilines is 1. The van der Waals surface area contributed by atoms with E-state index in [0.717, 1.165) is 31.6 Å². The van der Waals surface area contributed by atoms with Crippen LogP contribution in [0.2, 0.25) is 0 Å². The highest BCUT2D eigenvalue weighted by Gasteiger charge is 2.22. The highest BCUT2D eigenvalue weighted by molar-refractivity contribution is 5.29. The van der Waals surface area contributed by atoms with Gasteiger partial charge in [-0.3, -0.25) is 4.98 Å². The van der Waals surface area contributed by atoms with Crippen molar-refractivity contribution < 1.29 is 9.13 Å². The summed E-state index contributed by atoms with van der Waals surface area (Å²) in [5.41, 5.74) is 0.838. The fourth-order valence-corrected chi connectivity index (χ4v) is 2.31. The van der Waals surface area contributed by atoms with Crippen molar-refractivity contribution in [3.63, 3.8) is 0 Å². The van der Waals surface area contributed by atoms with Crippen LogP contribution in [0.3, 0.4) is 0 Å². The van der Waals surface area contributed by atoms with Gasteiger partial charge >= 0.3 is 0 Å². The van der Waals surface area contributed by atoms with Crippen LogP contribution in [0.5, 0.6) is 5.88 Å². The zero-order valence-electron chi connectivity index (χ0n) is 11.7. The van der Waals surface area contributed by atoms with E-state index in [4.69, 9.17) is 4.74 Å². The fourth-order valence-electron chi connectivity index (χ4n) is 2.31. The molecule has 7 heteroatoms. The Labute approximate surface area is 122 Å². The molecule has 0 spiro atoms. The molecule has 3 heterocycles. The normalized spacial score (nSPS) is 16.0. The Hall–Kier alpha value is -2.31. The van der Waals surface area contributed by atoms with Gasteiger partial charge in [0.15, 0.2) is 5.82 Å². The number of piperidine rings is 1. The van der Waals surface area contributed by atoms with E-state index in [1.54, 1.807) is 12.4 Å². The Morgan fingerprint density at radius 3 is 2.52 bits per heavy atom. The summed E-state index contributed by atoms with van der Waals surface area (Å²) >= 11 is 0. The lowest BCUT2D eigenvalue weighted by Gasteiger charge is -2.31. The molecule has 2 aromatic rings. The predicted molar refractivity (Wildman–Crippen MR) is 74.6 cm³/mol. The zero-order valence-corrected chi connectivity index (χ0v) is 11.7. The molecule has 0 amide bonds. The average molecular weight is 289 g/mol. The molecule has 21 heavy (non-hydrogen) atoms. The van der Waals surface area contributed by atoms with E-state index in [2.05, 4.69) is 19.9 Å². The smallest absolute Gasteiger partial charge is 0.232 e. The molecule has 0 aliphatic carbocycles. The Morgan fingerprint density at radius 1 is 1.14 bits per heavy atom. The van der Waals surface area contributed by atoms with Gasteiger partial charge in [0.2, 0.25) is 11.8 Å². The lowest BCUT2D eigenvalue weighted by atomic mass is 10.1. The first-order valence-corrected chi connectivity index (χ1v) is 6.88. The molecule has 1 fully saturated rings. The molecule has 1 aliphatic rings. The number of hydrogen-bond acceptors (Lipinski definition) is 6. The summed E-state index contributed by atoms with van der Waals surface area (Å²) < 4.78 is 18.7. The summed E-state index contributed by atoms with van der Waals surface area (Å²) in [5.74, 6) is 0.701. The molecular weight excluding hydrogens is 273 g/mol. The number of halogens is 1. The van der Waals surface area contributed by atoms with Gasteiger partial charge in [-0.1, -0.05) is 0 Å². The first-order chi connectivity index (χ1) is 10.2. The van der Waals surface area contributed by atoms with Gasteiger partial charge in [0.05, 0.1) is 24.3 Å². The van der Waals surface area contributed by atoms with Crippen LogP contribution in [-0.2, 0) is 0 Å². The number of ether oxygens (including phenoxy) is 1. The maximum Gasteiger partial charge on any atom is 0.232 e. The predicted octanol–water partition coefficient (Wildman–Crippen LogP) is 1.76. The van der Waals surface area contributed by atoms with Gasteiger partial charge in [0.25, 0.3) is 0 Å². The maximum atomic E-state index is 12.8. The first-order valence-electron chi connectivity index (χ1n) is 6.88. The van der Waals surface area contributed by atoms with Crippen molar-refractivity contribution in [3.8, 4) is 5.88 Å². The number of rotatable bonds is 3. The second-order valence-corrected chi connectivity index (χ2v) is 5.00. The standard InChI is InChI=1S/C14H16FN5O/c1-10-6-16-9-13(19-10)21-12-2-4-20(5-3-12)14-17-7-11(15)8-18-14/h6-9,12H,2-5H2,1H3. The summed E-state index contributed by atoms with van der Waals surface area (Å²) in [5, 5.41) is 0. The molecular formula is C14H16FN5O. The van der Waals surface area contributed by atoms with Gasteiger partial charge in [-0.2, -0.15) is 0 Å². The number of nitrogens with zero attached hydrogens (tertiary/aromatic N) is 5. The van der Waals surface area contributed by atoms with Crippen LogP contribution in [0, 0.1) is 12.7 Å². The third-order valence-electron chi connectivity index (χ3n) is 3.35. The van der Waals surface area contributed by atoms with Gasteiger partial charge in [0.1, 0.15) is 6.10 Å². The Morgan fingerprint density at radius 2 is 1.86 bits per heavy atom. The molecule has 2 aromatic heterocycles. The summed E-state index contributed by atoms with van der Waals surface area (Å²) in [7, 11) is 0. The Balaban J connectivity index is 1.56. The van der Waals surface area contributed by atoms with Crippen molar-refractivity contribution in [2.75, 3.05) is 18.0 Å². The SMILES string of the molecule is Cc1cncc(OC2CCN(c3ncc(F)cn3)CC2)n1. The highest BCUT2D eigenvalue weighted by atomic mass is 19.1. The molecule has 1 aliphatic heterocycles. The summed E-state index contributed by atoms with van der Waals surface area (Å²) in [6.07, 6.45) is 7.50. The largest absolute Gasteiger partial charge is 0.473 e. The number of aryl methyl sites for hydroxylation is 1. The van der Waals surface area contributed by atoms with Crippen LogP contribution in [0.4, 0.5) is 10.3 Å². The molecule has 6 nitrogen and oxygen atoms in total. The second kappa shape index (κ2) is 5.99. The molecule has 3 rings (SSSR count). The fraction of sp³-hybridized carbons (Fsp3) is 0.429. The minimum atomic E-state index is -0.421. The van der Waals surface area contributed by atoms with Crippen LogP contribution >= 0.6 is 0 Å². The topological polar surface area (TPSA) is 64.0 Å². The molecule has 0 bridgehead atoms. The van der Waals surface area contributed by atoms with Gasteiger partial charge in [0, 0.05) is 32.1 Å². The lowest BCUT2D eigenvalue weighted by molar-refractivity contribution is 0.162. The van der Waals surface area contributed by atoms with Crippen molar-refractivity contribution in [2.45, 2.75) is 25.9 Å². The minimum Gasteiger partial charge on any atom is -0.473 e. The van der Waals surface area contributed by atoms with Crippen LogP contribution in [0.1, 0.15) is 18.5 Å². The molecule has 0 atom stereocenters. The van der Waals surface area contributed by atoms with E-state index in [-0.39, 0.29) is 6.10 Å². The van der Waals surface area contributed by atoms with Crippen LogP contribution in [0.25, 0.3) is 0 Å². The van der Waals surface area contributed by atoms with Crippen molar-refractivity contribution >= 4 is 5.95 Å². The first kappa shape index (κ1) is 13.7. The van der Waals surface area contributed by atoms with E-state index in [1.165, 1.54) is 12.4 Å². The van der Waals surface area contributed by atoms with Crippen LogP contribution < -0.4 is 9.64 Å². The number of aromatic nitrogens is 4. The Kier molecular flexibility index (Phi) is 3.89. The highest BCUT2D eigenvalue weighted by Crippen LogP contribution is 2.19. The second-order valence-electron chi connectivity index (χ2n) is 5.00. The van der Waals surface area contributed by atoms with E-state index in [9.17, 15) is 4.39 Å². The third-order valence-corrected chi connectivity index (χ3v) is 3.35. The van der Waals surface area contributed by atoms with Crippen molar-refractivity contribution in [1.29, 1.82) is 0 Å². The lowest BCUT2D eigenvalue weighted by Crippen LogP contribution is -2.39. The summed E-state index contributed by atoms with van der Waals surface area (Å²) in [6, 6.07) is 0. The molecule has 0 radical (unpaired) electrons. The van der Waals surface area contributed by atoms with Crippen LogP contribution in [-0.4, -0.2) is 39.1 Å². The third kappa shape index (κ3) is 3.42. The summed E-state index contributed by atoms with van der Waals surface area (Å²) in [6.45, 7) is 3.43. The van der Waals surface area contributed by atoms with E-state index in [1.807, 2.05) is 11.8 Å². The van der Waals surface area contributed by atoms with E-state index >= 15 is 0 Å². The monoisotopic (exact) mass is 289 g/mol. The molecule has 1 saturated heterocycles. The maximum absolute atomic E-state index is 12.8. The molecule has 0 N–H and O–H groups in total. The zero-order chi connectivity index (χ0) is 14.7. The van der Waals surface area contributed by atoms with E-state index in [0.29, 0.717) is 11.8 Å².